The van der Waals surface area contributed by atoms with E-state index in [1.165, 1.54) is 25.4 Å². The molecule has 1 aromatic rings. The summed E-state index contributed by atoms with van der Waals surface area (Å²) in [6.45, 7) is 6.00. The molecule has 0 aliphatic rings. The summed E-state index contributed by atoms with van der Waals surface area (Å²) in [5.74, 6) is -0.0658. The summed E-state index contributed by atoms with van der Waals surface area (Å²) in [6.07, 6.45) is 8.71. The van der Waals surface area contributed by atoms with Crippen LogP contribution in [-0.4, -0.2) is 36.3 Å². The minimum atomic E-state index is -0.0775. The molecule has 0 radical (unpaired) electrons. The monoisotopic (exact) mass is 308 g/mol. The van der Waals surface area contributed by atoms with Gasteiger partial charge >= 0.3 is 0 Å². The largest absolute Gasteiger partial charge is 0.472 e. The van der Waals surface area contributed by atoms with E-state index < -0.39 is 0 Å². The Morgan fingerprint density at radius 1 is 1.14 bits per heavy atom. The first-order chi connectivity index (χ1) is 10.7. The Kier molecular flexibility index (Phi) is 9.03. The maximum Gasteiger partial charge on any atom is 0.257 e. The molecule has 0 unspecified atom stereocenters. The Labute approximate surface area is 133 Å². The molecule has 1 aromatic heterocycles. The van der Waals surface area contributed by atoms with Crippen LogP contribution in [-0.2, 0) is 4.79 Å². The zero-order chi connectivity index (χ0) is 16.2. The van der Waals surface area contributed by atoms with Crippen molar-refractivity contribution in [3.05, 3.63) is 24.2 Å². The second kappa shape index (κ2) is 10.9. The first kappa shape index (κ1) is 18.3. The molecule has 0 aromatic carbocycles. The van der Waals surface area contributed by atoms with Gasteiger partial charge in [0.1, 0.15) is 6.26 Å². The lowest BCUT2D eigenvalue weighted by Crippen LogP contribution is -2.35. The lowest BCUT2D eigenvalue weighted by Gasteiger charge is -2.21. The number of furan rings is 1. The summed E-state index contributed by atoms with van der Waals surface area (Å²) in [5, 5.41) is 2.92. The first-order valence-corrected chi connectivity index (χ1v) is 8.27. The highest BCUT2D eigenvalue weighted by molar-refractivity contribution is 5.94. The summed E-state index contributed by atoms with van der Waals surface area (Å²) in [7, 11) is 0. The van der Waals surface area contributed by atoms with E-state index in [4.69, 9.17) is 4.42 Å². The predicted octanol–water partition coefficient (Wildman–Crippen LogP) is 3.22. The summed E-state index contributed by atoms with van der Waals surface area (Å²) in [4.78, 5) is 25.8. The summed E-state index contributed by atoms with van der Waals surface area (Å²) >= 11 is 0. The molecule has 0 aliphatic heterocycles. The predicted molar refractivity (Wildman–Crippen MR) is 86.7 cm³/mol. The van der Waals surface area contributed by atoms with E-state index in [-0.39, 0.29) is 11.8 Å². The highest BCUT2D eigenvalue weighted by Gasteiger charge is 2.16. The van der Waals surface area contributed by atoms with Gasteiger partial charge in [-0.05, 0) is 18.9 Å². The average Bonchev–Trinajstić information content (AvgIpc) is 3.05. The number of nitrogens with zero attached hydrogens (tertiary/aromatic N) is 1. The number of unbranched alkanes of at least 4 members (excludes halogenated alkanes) is 3. The number of nitrogens with one attached hydrogen (secondary N) is 1. The fraction of sp³-hybridized carbons (Fsp3) is 0.647. The third kappa shape index (κ3) is 6.78. The van der Waals surface area contributed by atoms with Crippen molar-refractivity contribution in [1.29, 1.82) is 0 Å². The van der Waals surface area contributed by atoms with Crippen LogP contribution in [0, 0.1) is 0 Å². The molecule has 0 atom stereocenters. The zero-order valence-electron chi connectivity index (χ0n) is 13.8. The van der Waals surface area contributed by atoms with Crippen LogP contribution in [0.5, 0.6) is 0 Å². The maximum atomic E-state index is 12.3. The number of rotatable bonds is 11. The Hall–Kier alpha value is -1.78. The molecule has 1 N–H and O–H groups in total. The lowest BCUT2D eigenvalue weighted by molar-refractivity contribution is -0.121. The molecule has 0 fully saturated rings. The van der Waals surface area contributed by atoms with Gasteiger partial charge in [0.25, 0.3) is 5.91 Å². The van der Waals surface area contributed by atoms with Crippen molar-refractivity contribution in [2.24, 2.45) is 0 Å². The van der Waals surface area contributed by atoms with Gasteiger partial charge < -0.3 is 14.6 Å². The van der Waals surface area contributed by atoms with Crippen molar-refractivity contribution in [2.75, 3.05) is 19.6 Å². The van der Waals surface area contributed by atoms with Gasteiger partial charge in [-0.25, -0.2) is 0 Å². The van der Waals surface area contributed by atoms with E-state index >= 15 is 0 Å². The van der Waals surface area contributed by atoms with E-state index in [2.05, 4.69) is 12.2 Å². The summed E-state index contributed by atoms with van der Waals surface area (Å²) in [6, 6.07) is 1.65. The van der Waals surface area contributed by atoms with E-state index in [1.807, 2.05) is 6.92 Å². The van der Waals surface area contributed by atoms with Crippen LogP contribution < -0.4 is 5.32 Å². The summed E-state index contributed by atoms with van der Waals surface area (Å²) in [5.41, 5.74) is 0.536. The minimum absolute atomic E-state index is 0.0117. The van der Waals surface area contributed by atoms with Gasteiger partial charge in [-0.2, -0.15) is 0 Å². The third-order valence-electron chi connectivity index (χ3n) is 3.51. The van der Waals surface area contributed by atoms with Gasteiger partial charge in [0.05, 0.1) is 11.8 Å². The van der Waals surface area contributed by atoms with Gasteiger partial charge in [-0.15, -0.1) is 0 Å². The molecule has 0 saturated carbocycles. The highest BCUT2D eigenvalue weighted by Crippen LogP contribution is 2.07. The van der Waals surface area contributed by atoms with Crippen LogP contribution in [0.1, 0.15) is 62.7 Å². The maximum absolute atomic E-state index is 12.3. The first-order valence-electron chi connectivity index (χ1n) is 8.27. The van der Waals surface area contributed by atoms with E-state index in [0.717, 1.165) is 25.8 Å². The molecule has 0 spiro atoms. The molecule has 0 aliphatic carbocycles. The molecule has 1 heterocycles. The molecule has 0 saturated heterocycles. The van der Waals surface area contributed by atoms with E-state index in [9.17, 15) is 9.59 Å². The third-order valence-corrected chi connectivity index (χ3v) is 3.51. The number of carbonyl (C=O) groups is 2. The van der Waals surface area contributed by atoms with Gasteiger partial charge in [0, 0.05) is 26.1 Å². The fourth-order valence-corrected chi connectivity index (χ4v) is 2.26. The van der Waals surface area contributed by atoms with Crippen LogP contribution in [0.3, 0.4) is 0 Å². The molecular formula is C17H28N2O3. The van der Waals surface area contributed by atoms with Gasteiger partial charge in [-0.3, -0.25) is 9.59 Å². The lowest BCUT2D eigenvalue weighted by atomic mass is 10.2. The normalized spacial score (nSPS) is 10.5. The summed E-state index contributed by atoms with van der Waals surface area (Å²) < 4.78 is 4.95. The van der Waals surface area contributed by atoms with Crippen LogP contribution in [0.25, 0.3) is 0 Å². The minimum Gasteiger partial charge on any atom is -0.472 e. The molecule has 1 rings (SSSR count). The van der Waals surface area contributed by atoms with Crippen molar-refractivity contribution in [3.63, 3.8) is 0 Å². The number of hydrogen-bond donors (Lipinski definition) is 1. The fourth-order valence-electron chi connectivity index (χ4n) is 2.26. The van der Waals surface area contributed by atoms with Crippen molar-refractivity contribution in [1.82, 2.24) is 10.2 Å². The van der Waals surface area contributed by atoms with E-state index in [0.29, 0.717) is 25.1 Å². The van der Waals surface area contributed by atoms with Crippen molar-refractivity contribution in [3.8, 4) is 0 Å². The van der Waals surface area contributed by atoms with E-state index in [1.54, 1.807) is 11.0 Å². The van der Waals surface area contributed by atoms with Gasteiger partial charge in [0.15, 0.2) is 0 Å². The molecule has 124 valence electrons. The van der Waals surface area contributed by atoms with Gasteiger partial charge in [0.2, 0.25) is 5.91 Å². The Morgan fingerprint density at radius 2 is 1.95 bits per heavy atom. The molecular weight excluding hydrogens is 280 g/mol. The molecule has 5 heteroatoms. The van der Waals surface area contributed by atoms with Crippen molar-refractivity contribution >= 4 is 11.8 Å². The standard InChI is InChI=1S/C17H28N2O3/c1-3-5-6-7-10-18-16(20)8-12-19(11-4-2)17(21)15-9-13-22-14-15/h9,13-14H,3-8,10-12H2,1-2H3,(H,18,20). The zero-order valence-corrected chi connectivity index (χ0v) is 13.8. The Balaban J connectivity index is 2.31. The molecule has 2 amide bonds. The van der Waals surface area contributed by atoms with Crippen molar-refractivity contribution in [2.45, 2.75) is 52.4 Å². The molecule has 5 nitrogen and oxygen atoms in total. The number of amides is 2. The second-order valence-electron chi connectivity index (χ2n) is 5.46. The van der Waals surface area contributed by atoms with Crippen LogP contribution in [0.2, 0.25) is 0 Å². The Morgan fingerprint density at radius 3 is 2.59 bits per heavy atom. The van der Waals surface area contributed by atoms with Crippen LogP contribution >= 0.6 is 0 Å². The number of hydrogen-bond acceptors (Lipinski definition) is 3. The highest BCUT2D eigenvalue weighted by atomic mass is 16.3. The Bertz CT molecular complexity index is 429. The van der Waals surface area contributed by atoms with Gasteiger partial charge in [-0.1, -0.05) is 33.1 Å². The second-order valence-corrected chi connectivity index (χ2v) is 5.46. The topological polar surface area (TPSA) is 62.6 Å². The molecule has 0 bridgehead atoms. The van der Waals surface area contributed by atoms with Crippen molar-refractivity contribution < 1.29 is 14.0 Å². The van der Waals surface area contributed by atoms with Crippen LogP contribution in [0.4, 0.5) is 0 Å². The number of carbonyl (C=O) groups excluding carboxylic acids is 2. The van der Waals surface area contributed by atoms with Crippen LogP contribution in [0.15, 0.2) is 23.0 Å². The smallest absolute Gasteiger partial charge is 0.257 e. The quantitative estimate of drug-likeness (QED) is 0.638. The molecule has 22 heavy (non-hydrogen) atoms. The average molecular weight is 308 g/mol. The SMILES string of the molecule is CCCCCCNC(=O)CCN(CCC)C(=O)c1ccoc1.